The van der Waals surface area contributed by atoms with Gasteiger partial charge in [0.1, 0.15) is 6.04 Å². The van der Waals surface area contributed by atoms with E-state index in [1.54, 1.807) is 17.9 Å². The molecule has 4 nitrogen and oxygen atoms in total. The first-order chi connectivity index (χ1) is 13.8. The number of nitrogens with one attached hydrogen (secondary N) is 1. The van der Waals surface area contributed by atoms with Gasteiger partial charge in [-0.15, -0.1) is 11.8 Å². The highest BCUT2D eigenvalue weighted by molar-refractivity contribution is 7.99. The molecule has 2 aromatic rings. The van der Waals surface area contributed by atoms with Gasteiger partial charge in [0.05, 0.1) is 5.75 Å². The van der Waals surface area contributed by atoms with Crippen LogP contribution in [0.2, 0.25) is 10.0 Å². The van der Waals surface area contributed by atoms with Crippen molar-refractivity contribution in [2.24, 2.45) is 0 Å². The number of nitrogens with zero attached hydrogens (tertiary/aromatic N) is 1. The molecule has 0 bridgehead atoms. The topological polar surface area (TPSA) is 49.4 Å². The largest absolute Gasteiger partial charge is 0.352 e. The van der Waals surface area contributed by atoms with E-state index in [-0.39, 0.29) is 30.2 Å². The normalized spacial score (nSPS) is 11.9. The SMILES string of the molecule is CC(C)NC(=O)[C@@H](C)N(Cc1ccccc1Cl)C(=O)CSCc1ccccc1Cl. The molecular formula is C22H26Cl2N2O2S. The first kappa shape index (κ1) is 23.6. The van der Waals surface area contributed by atoms with Gasteiger partial charge in [0, 0.05) is 28.4 Å². The number of rotatable bonds is 9. The lowest BCUT2D eigenvalue weighted by Crippen LogP contribution is -2.49. The van der Waals surface area contributed by atoms with E-state index < -0.39 is 6.04 Å². The first-order valence-corrected chi connectivity index (χ1v) is 11.3. The van der Waals surface area contributed by atoms with Crippen LogP contribution in [-0.2, 0) is 21.9 Å². The maximum absolute atomic E-state index is 13.0. The van der Waals surface area contributed by atoms with Gasteiger partial charge in [-0.2, -0.15) is 0 Å². The average Bonchev–Trinajstić information content (AvgIpc) is 2.67. The fourth-order valence-corrected chi connectivity index (χ4v) is 4.14. The third-order valence-electron chi connectivity index (χ3n) is 4.34. The number of hydrogen-bond donors (Lipinski definition) is 1. The van der Waals surface area contributed by atoms with Crippen LogP contribution in [0.1, 0.15) is 31.9 Å². The Hall–Kier alpha value is -1.69. The molecule has 156 valence electrons. The standard InChI is InChI=1S/C22H26Cl2N2O2S/c1-15(2)25-22(28)16(3)26(12-17-8-4-6-10-19(17)23)21(27)14-29-13-18-9-5-7-11-20(18)24/h4-11,15-16H,12-14H2,1-3H3,(H,25,28)/t16-/m1/s1. The van der Waals surface area contributed by atoms with Crippen molar-refractivity contribution in [2.75, 3.05) is 5.75 Å². The summed E-state index contributed by atoms with van der Waals surface area (Å²) in [6.45, 7) is 5.80. The average molecular weight is 453 g/mol. The van der Waals surface area contributed by atoms with Crippen molar-refractivity contribution in [3.8, 4) is 0 Å². The second-order valence-electron chi connectivity index (χ2n) is 7.04. The van der Waals surface area contributed by atoms with E-state index >= 15 is 0 Å². The minimum atomic E-state index is -0.609. The summed E-state index contributed by atoms with van der Waals surface area (Å²) in [4.78, 5) is 27.1. The third kappa shape index (κ3) is 7.25. The molecular weight excluding hydrogens is 427 g/mol. The lowest BCUT2D eigenvalue weighted by atomic mass is 10.1. The third-order valence-corrected chi connectivity index (χ3v) is 6.04. The summed E-state index contributed by atoms with van der Waals surface area (Å²) in [5, 5.41) is 4.14. The fourth-order valence-electron chi connectivity index (χ4n) is 2.74. The summed E-state index contributed by atoms with van der Waals surface area (Å²) in [5.41, 5.74) is 1.79. The lowest BCUT2D eigenvalue weighted by Gasteiger charge is -2.29. The number of benzene rings is 2. The number of hydrogen-bond acceptors (Lipinski definition) is 3. The van der Waals surface area contributed by atoms with Crippen molar-refractivity contribution >= 4 is 46.8 Å². The molecule has 0 aliphatic rings. The molecule has 0 aliphatic carbocycles. The summed E-state index contributed by atoms with van der Waals surface area (Å²) >= 11 is 14.0. The monoisotopic (exact) mass is 452 g/mol. The summed E-state index contributed by atoms with van der Waals surface area (Å²) in [6.07, 6.45) is 0. The highest BCUT2D eigenvalue weighted by Crippen LogP contribution is 2.23. The molecule has 1 atom stereocenters. The highest BCUT2D eigenvalue weighted by Gasteiger charge is 2.26. The minimum Gasteiger partial charge on any atom is -0.352 e. The Bertz CT molecular complexity index is 845. The van der Waals surface area contributed by atoms with Crippen molar-refractivity contribution in [3.63, 3.8) is 0 Å². The van der Waals surface area contributed by atoms with E-state index in [9.17, 15) is 9.59 Å². The van der Waals surface area contributed by atoms with Crippen LogP contribution < -0.4 is 5.32 Å². The summed E-state index contributed by atoms with van der Waals surface area (Å²) in [7, 11) is 0. The van der Waals surface area contributed by atoms with E-state index in [4.69, 9.17) is 23.2 Å². The molecule has 0 spiro atoms. The molecule has 0 radical (unpaired) electrons. The molecule has 0 fully saturated rings. The molecule has 2 rings (SSSR count). The molecule has 0 saturated heterocycles. The van der Waals surface area contributed by atoms with Crippen LogP contribution in [-0.4, -0.2) is 34.6 Å². The number of thioether (sulfide) groups is 1. The predicted molar refractivity (Wildman–Crippen MR) is 122 cm³/mol. The number of carbonyl (C=O) groups excluding carboxylic acids is 2. The van der Waals surface area contributed by atoms with Crippen molar-refractivity contribution in [1.29, 1.82) is 0 Å². The van der Waals surface area contributed by atoms with Gasteiger partial charge in [0.2, 0.25) is 11.8 Å². The Morgan fingerprint density at radius 3 is 2.07 bits per heavy atom. The second-order valence-corrected chi connectivity index (χ2v) is 8.84. The molecule has 1 N–H and O–H groups in total. The Morgan fingerprint density at radius 2 is 1.52 bits per heavy atom. The fraction of sp³-hybridized carbons (Fsp3) is 0.364. The zero-order valence-corrected chi connectivity index (χ0v) is 19.2. The summed E-state index contributed by atoms with van der Waals surface area (Å²) < 4.78 is 0. The quantitative estimate of drug-likeness (QED) is 0.570. The van der Waals surface area contributed by atoms with Crippen LogP contribution in [0.3, 0.4) is 0 Å². The molecule has 2 amide bonds. The number of halogens is 2. The van der Waals surface area contributed by atoms with E-state index in [1.165, 1.54) is 11.8 Å². The maximum atomic E-state index is 13.0. The Balaban J connectivity index is 2.10. The van der Waals surface area contributed by atoms with Gasteiger partial charge in [-0.1, -0.05) is 59.6 Å². The van der Waals surface area contributed by atoms with Crippen LogP contribution >= 0.6 is 35.0 Å². The van der Waals surface area contributed by atoms with Crippen LogP contribution in [0.25, 0.3) is 0 Å². The number of amides is 2. The van der Waals surface area contributed by atoms with Crippen molar-refractivity contribution in [2.45, 2.75) is 45.2 Å². The van der Waals surface area contributed by atoms with Gasteiger partial charge in [-0.05, 0) is 44.0 Å². The summed E-state index contributed by atoms with van der Waals surface area (Å²) in [5.74, 6) is 0.567. The molecule has 2 aromatic carbocycles. The summed E-state index contributed by atoms with van der Waals surface area (Å²) in [6, 6.07) is 14.3. The minimum absolute atomic E-state index is 0.00295. The molecule has 0 saturated carbocycles. The van der Waals surface area contributed by atoms with Crippen LogP contribution in [0, 0.1) is 0 Å². The molecule has 0 aromatic heterocycles. The smallest absolute Gasteiger partial charge is 0.242 e. The Morgan fingerprint density at radius 1 is 0.966 bits per heavy atom. The predicted octanol–water partition coefficient (Wildman–Crippen LogP) is 5.17. The molecule has 0 unspecified atom stereocenters. The maximum Gasteiger partial charge on any atom is 0.242 e. The molecule has 7 heteroatoms. The van der Waals surface area contributed by atoms with E-state index in [0.29, 0.717) is 15.8 Å². The lowest BCUT2D eigenvalue weighted by molar-refractivity contribution is -0.138. The van der Waals surface area contributed by atoms with Crippen molar-refractivity contribution < 1.29 is 9.59 Å². The van der Waals surface area contributed by atoms with Gasteiger partial charge < -0.3 is 10.2 Å². The van der Waals surface area contributed by atoms with E-state index in [0.717, 1.165) is 11.1 Å². The molecule has 0 heterocycles. The van der Waals surface area contributed by atoms with Crippen LogP contribution in [0.15, 0.2) is 48.5 Å². The van der Waals surface area contributed by atoms with E-state index in [2.05, 4.69) is 5.32 Å². The zero-order chi connectivity index (χ0) is 21.4. The van der Waals surface area contributed by atoms with Gasteiger partial charge >= 0.3 is 0 Å². The number of carbonyl (C=O) groups is 2. The Kier molecular flexibility index (Phi) is 9.34. The van der Waals surface area contributed by atoms with Crippen molar-refractivity contribution in [1.82, 2.24) is 10.2 Å². The van der Waals surface area contributed by atoms with Crippen LogP contribution in [0.4, 0.5) is 0 Å². The molecule has 29 heavy (non-hydrogen) atoms. The van der Waals surface area contributed by atoms with Gasteiger partial charge in [0.25, 0.3) is 0 Å². The highest BCUT2D eigenvalue weighted by atomic mass is 35.5. The van der Waals surface area contributed by atoms with Crippen LogP contribution in [0.5, 0.6) is 0 Å². The first-order valence-electron chi connectivity index (χ1n) is 9.44. The second kappa shape index (κ2) is 11.5. The van der Waals surface area contributed by atoms with Gasteiger partial charge in [-0.25, -0.2) is 0 Å². The molecule has 0 aliphatic heterocycles. The van der Waals surface area contributed by atoms with E-state index in [1.807, 2.05) is 56.3 Å². The Labute approximate surface area is 187 Å². The van der Waals surface area contributed by atoms with Crippen molar-refractivity contribution in [3.05, 3.63) is 69.7 Å². The van der Waals surface area contributed by atoms with Gasteiger partial charge in [-0.3, -0.25) is 9.59 Å². The zero-order valence-electron chi connectivity index (χ0n) is 16.8. The van der Waals surface area contributed by atoms with Gasteiger partial charge in [0.15, 0.2) is 0 Å².